The van der Waals surface area contributed by atoms with Gasteiger partial charge in [0, 0.05) is 6.26 Å². The zero-order valence-electron chi connectivity index (χ0n) is 8.51. The van der Waals surface area contributed by atoms with E-state index in [0.717, 1.165) is 0 Å². The molecule has 0 aromatic carbocycles. The second-order valence-electron chi connectivity index (χ2n) is 2.97. The third-order valence-electron chi connectivity index (χ3n) is 1.77. The topological polar surface area (TPSA) is 70.2 Å². The fraction of sp³-hybridized carbons (Fsp3) is 0.857. The van der Waals surface area contributed by atoms with Gasteiger partial charge in [0.15, 0.2) is 9.84 Å². The molecule has 0 heterocycles. The van der Waals surface area contributed by atoms with Crippen molar-refractivity contribution < 1.29 is 8.42 Å². The molecule has 0 rings (SSSR count). The Morgan fingerprint density at radius 1 is 1.23 bits per heavy atom. The molecular formula is C7H18N3O2S. The summed E-state index contributed by atoms with van der Waals surface area (Å²) in [6.07, 6.45) is 1.21. The van der Waals surface area contributed by atoms with Crippen LogP contribution in [0.15, 0.2) is 0 Å². The minimum Gasteiger partial charge on any atom is -0.313 e. The van der Waals surface area contributed by atoms with Crippen LogP contribution in [-0.2, 0) is 9.84 Å². The van der Waals surface area contributed by atoms with Gasteiger partial charge in [-0.3, -0.25) is 0 Å². The zero-order chi connectivity index (χ0) is 10.5. The molecule has 3 N–H and O–H groups in total. The molecule has 5 nitrogen and oxygen atoms in total. The second kappa shape index (κ2) is 4.90. The standard InChI is InChI=1S/C7H18N3O2S/c1-8-5-7(9-2,10-3)6-13(4,11)12/h5,8-10H,6H2,1-4H3. The first-order valence-electron chi connectivity index (χ1n) is 3.96. The van der Waals surface area contributed by atoms with Crippen molar-refractivity contribution in [2.24, 2.45) is 0 Å². The first-order chi connectivity index (χ1) is 5.89. The molecule has 79 valence electrons. The molecular weight excluding hydrogens is 190 g/mol. The van der Waals surface area contributed by atoms with Gasteiger partial charge in [0.05, 0.1) is 18.0 Å². The Bertz CT molecular complexity index is 234. The van der Waals surface area contributed by atoms with Crippen LogP contribution < -0.4 is 16.0 Å². The molecule has 0 aromatic heterocycles. The van der Waals surface area contributed by atoms with E-state index in [1.165, 1.54) is 6.26 Å². The highest BCUT2D eigenvalue weighted by atomic mass is 32.2. The average Bonchev–Trinajstić information content (AvgIpc) is 2.01. The van der Waals surface area contributed by atoms with Crippen molar-refractivity contribution in [3.63, 3.8) is 0 Å². The van der Waals surface area contributed by atoms with Crippen LogP contribution in [0.5, 0.6) is 0 Å². The van der Waals surface area contributed by atoms with Gasteiger partial charge in [0.2, 0.25) is 0 Å². The third-order valence-corrected chi connectivity index (χ3v) is 2.75. The van der Waals surface area contributed by atoms with E-state index in [0.29, 0.717) is 0 Å². The van der Waals surface area contributed by atoms with Crippen molar-refractivity contribution in [2.75, 3.05) is 33.2 Å². The van der Waals surface area contributed by atoms with E-state index >= 15 is 0 Å². The van der Waals surface area contributed by atoms with Crippen LogP contribution in [0.1, 0.15) is 0 Å². The zero-order valence-corrected chi connectivity index (χ0v) is 9.33. The Hall–Kier alpha value is -0.170. The van der Waals surface area contributed by atoms with Crippen molar-refractivity contribution >= 4 is 9.84 Å². The highest BCUT2D eigenvalue weighted by Gasteiger charge is 2.30. The van der Waals surface area contributed by atoms with Gasteiger partial charge in [-0.15, -0.1) is 0 Å². The van der Waals surface area contributed by atoms with Gasteiger partial charge in [0.1, 0.15) is 0 Å². The Morgan fingerprint density at radius 3 is 1.92 bits per heavy atom. The SMILES string of the molecule is CN[CH]C(CS(C)(=O)=O)(NC)NC. The number of hydrogen-bond acceptors (Lipinski definition) is 5. The number of hydrogen-bond donors (Lipinski definition) is 3. The minimum absolute atomic E-state index is 0.00778. The molecule has 0 atom stereocenters. The summed E-state index contributed by atoms with van der Waals surface area (Å²) >= 11 is 0. The smallest absolute Gasteiger partial charge is 0.150 e. The molecule has 0 aliphatic rings. The molecule has 0 fully saturated rings. The molecule has 0 unspecified atom stereocenters. The molecule has 0 aliphatic carbocycles. The van der Waals surface area contributed by atoms with Gasteiger partial charge in [-0.05, 0) is 21.1 Å². The van der Waals surface area contributed by atoms with E-state index in [4.69, 9.17) is 0 Å². The second-order valence-corrected chi connectivity index (χ2v) is 5.11. The van der Waals surface area contributed by atoms with Crippen LogP contribution in [-0.4, -0.2) is 47.2 Å². The number of sulfone groups is 1. The van der Waals surface area contributed by atoms with Crippen LogP contribution in [0.25, 0.3) is 0 Å². The molecule has 0 saturated heterocycles. The molecule has 0 aliphatic heterocycles. The Morgan fingerprint density at radius 2 is 1.69 bits per heavy atom. The van der Waals surface area contributed by atoms with Gasteiger partial charge in [-0.2, -0.15) is 0 Å². The number of rotatable bonds is 6. The maximum atomic E-state index is 11.1. The van der Waals surface area contributed by atoms with Crippen LogP contribution >= 0.6 is 0 Å². The largest absolute Gasteiger partial charge is 0.313 e. The molecule has 6 heteroatoms. The Kier molecular flexibility index (Phi) is 4.83. The fourth-order valence-electron chi connectivity index (χ4n) is 1.12. The van der Waals surface area contributed by atoms with Gasteiger partial charge < -0.3 is 16.0 Å². The normalized spacial score (nSPS) is 13.2. The third kappa shape index (κ3) is 4.56. The maximum absolute atomic E-state index is 11.1. The summed E-state index contributed by atoms with van der Waals surface area (Å²) in [6, 6.07) is 0. The van der Waals surface area contributed by atoms with Crippen molar-refractivity contribution in [2.45, 2.75) is 5.66 Å². The van der Waals surface area contributed by atoms with E-state index in [1.807, 2.05) is 0 Å². The lowest BCUT2D eigenvalue weighted by Crippen LogP contribution is -2.60. The number of likely N-dealkylation sites (N-methyl/N-ethyl adjacent to an activating group) is 3. The van der Waals surface area contributed by atoms with Crippen molar-refractivity contribution in [3.8, 4) is 0 Å². The first-order valence-corrected chi connectivity index (χ1v) is 6.02. The highest BCUT2D eigenvalue weighted by molar-refractivity contribution is 7.90. The summed E-state index contributed by atoms with van der Waals surface area (Å²) < 4.78 is 22.2. The summed E-state index contributed by atoms with van der Waals surface area (Å²) in [5, 5.41) is 8.65. The van der Waals surface area contributed by atoms with Gasteiger partial charge in [-0.25, -0.2) is 8.42 Å². The summed E-state index contributed by atoms with van der Waals surface area (Å²) in [6.45, 7) is 1.67. The Labute approximate surface area is 80.2 Å². The summed E-state index contributed by atoms with van der Waals surface area (Å²) in [5.41, 5.74) is -0.706. The van der Waals surface area contributed by atoms with E-state index in [-0.39, 0.29) is 5.75 Å². The van der Waals surface area contributed by atoms with Crippen molar-refractivity contribution in [1.29, 1.82) is 0 Å². The fourth-order valence-corrected chi connectivity index (χ4v) is 2.31. The molecule has 0 saturated carbocycles. The molecule has 0 bridgehead atoms. The summed E-state index contributed by atoms with van der Waals surface area (Å²) in [7, 11) is 2.11. The number of nitrogens with one attached hydrogen (secondary N) is 3. The van der Waals surface area contributed by atoms with Gasteiger partial charge in [0.25, 0.3) is 0 Å². The van der Waals surface area contributed by atoms with Crippen LogP contribution in [0.3, 0.4) is 0 Å². The predicted molar refractivity (Wildman–Crippen MR) is 53.9 cm³/mol. The van der Waals surface area contributed by atoms with Crippen LogP contribution in [0.4, 0.5) is 0 Å². The predicted octanol–water partition coefficient (Wildman–Crippen LogP) is -1.45. The summed E-state index contributed by atoms with van der Waals surface area (Å²) in [4.78, 5) is 0. The molecule has 13 heavy (non-hydrogen) atoms. The van der Waals surface area contributed by atoms with Crippen LogP contribution in [0, 0.1) is 6.54 Å². The summed E-state index contributed by atoms with van der Waals surface area (Å²) in [5.74, 6) is 0.00778. The molecule has 0 aromatic rings. The van der Waals surface area contributed by atoms with Crippen molar-refractivity contribution in [3.05, 3.63) is 6.54 Å². The molecule has 0 amide bonds. The first kappa shape index (κ1) is 12.8. The van der Waals surface area contributed by atoms with E-state index in [2.05, 4.69) is 16.0 Å². The van der Waals surface area contributed by atoms with Gasteiger partial charge in [-0.1, -0.05) is 0 Å². The minimum atomic E-state index is -3.02. The van der Waals surface area contributed by atoms with E-state index < -0.39 is 15.5 Å². The van der Waals surface area contributed by atoms with Crippen LogP contribution in [0.2, 0.25) is 0 Å². The molecule has 1 radical (unpaired) electrons. The van der Waals surface area contributed by atoms with E-state index in [9.17, 15) is 8.42 Å². The van der Waals surface area contributed by atoms with Crippen molar-refractivity contribution in [1.82, 2.24) is 16.0 Å². The van der Waals surface area contributed by atoms with Gasteiger partial charge >= 0.3 is 0 Å². The quantitative estimate of drug-likeness (QED) is 0.466. The lowest BCUT2D eigenvalue weighted by Gasteiger charge is -2.31. The Balaban J connectivity index is 4.57. The highest BCUT2D eigenvalue weighted by Crippen LogP contribution is 2.04. The monoisotopic (exact) mass is 208 g/mol. The lowest BCUT2D eigenvalue weighted by molar-refractivity contribution is 0.366. The van der Waals surface area contributed by atoms with E-state index in [1.54, 1.807) is 27.7 Å². The molecule has 0 spiro atoms. The lowest BCUT2D eigenvalue weighted by atomic mass is 10.2. The maximum Gasteiger partial charge on any atom is 0.150 e. The average molecular weight is 208 g/mol.